The van der Waals surface area contributed by atoms with Crippen molar-refractivity contribution in [2.45, 2.75) is 26.8 Å². The lowest BCUT2D eigenvalue weighted by molar-refractivity contribution is 0.0471. The largest absolute Gasteiger partial charge is 0.507 e. The summed E-state index contributed by atoms with van der Waals surface area (Å²) >= 11 is 0. The quantitative estimate of drug-likeness (QED) is 0.564. The zero-order valence-electron chi connectivity index (χ0n) is 16.2. The predicted molar refractivity (Wildman–Crippen MR) is 99.8 cm³/mol. The number of phenolic OH excluding ortho intramolecular Hbond substituents is 1. The minimum Gasteiger partial charge on any atom is -0.507 e. The van der Waals surface area contributed by atoms with Gasteiger partial charge in [-0.1, -0.05) is 0 Å². The number of phenols is 1. The molecule has 146 valence electrons. The Morgan fingerprint density at radius 1 is 1.15 bits per heavy atom. The van der Waals surface area contributed by atoms with E-state index in [0.717, 1.165) is 11.4 Å². The molecule has 0 aliphatic heterocycles. The molecule has 1 aromatic heterocycles. The second-order valence-corrected chi connectivity index (χ2v) is 6.34. The van der Waals surface area contributed by atoms with Crippen molar-refractivity contribution in [2.75, 3.05) is 27.4 Å². The minimum atomic E-state index is -0.773. The number of hydrogen-bond donors (Lipinski definition) is 1. The molecule has 0 amide bonds. The first kappa shape index (κ1) is 20.5. The number of nitrogens with zero attached hydrogens (tertiary/aromatic N) is 1. The number of ketones is 1. The lowest BCUT2D eigenvalue weighted by atomic mass is 10.1. The summed E-state index contributed by atoms with van der Waals surface area (Å²) in [7, 11) is 3.08. The van der Waals surface area contributed by atoms with Crippen LogP contribution in [0.15, 0.2) is 24.3 Å². The smallest absolute Gasteiger partial charge is 0.342 e. The van der Waals surface area contributed by atoms with E-state index in [1.165, 1.54) is 25.3 Å². The van der Waals surface area contributed by atoms with Gasteiger partial charge in [0.1, 0.15) is 17.1 Å². The molecule has 0 unspecified atom stereocenters. The average Bonchev–Trinajstić information content (AvgIpc) is 2.93. The molecule has 0 bridgehead atoms. The van der Waals surface area contributed by atoms with Gasteiger partial charge in [0.15, 0.2) is 6.61 Å². The summed E-state index contributed by atoms with van der Waals surface area (Å²) in [6, 6.07) is 6.09. The molecule has 0 aliphatic carbocycles. The average molecular weight is 375 g/mol. The van der Waals surface area contributed by atoms with E-state index in [1.807, 2.05) is 25.3 Å². The van der Waals surface area contributed by atoms with Crippen LogP contribution in [0.1, 0.15) is 45.1 Å². The van der Waals surface area contributed by atoms with Crippen LogP contribution in [0.25, 0.3) is 0 Å². The van der Waals surface area contributed by atoms with Gasteiger partial charge in [0.2, 0.25) is 5.78 Å². The molecule has 0 spiro atoms. The zero-order valence-corrected chi connectivity index (χ0v) is 16.2. The first-order valence-corrected chi connectivity index (χ1v) is 8.54. The molecule has 0 radical (unpaired) electrons. The van der Waals surface area contributed by atoms with Crippen molar-refractivity contribution in [3.05, 3.63) is 46.8 Å². The zero-order chi connectivity index (χ0) is 20.1. The van der Waals surface area contributed by atoms with Crippen molar-refractivity contribution in [1.82, 2.24) is 4.57 Å². The predicted octanol–water partition coefficient (Wildman–Crippen LogP) is 3.07. The van der Waals surface area contributed by atoms with Crippen molar-refractivity contribution in [2.24, 2.45) is 0 Å². The molecule has 2 rings (SSSR count). The van der Waals surface area contributed by atoms with Gasteiger partial charge in [-0.2, -0.15) is 0 Å². The Hall–Kier alpha value is -2.80. The van der Waals surface area contributed by atoms with Gasteiger partial charge >= 0.3 is 5.97 Å². The minimum absolute atomic E-state index is 0.0252. The van der Waals surface area contributed by atoms with Gasteiger partial charge in [0.05, 0.1) is 19.8 Å². The Labute approximate surface area is 158 Å². The highest BCUT2D eigenvalue weighted by Crippen LogP contribution is 2.25. The fourth-order valence-corrected chi connectivity index (χ4v) is 3.15. The summed E-state index contributed by atoms with van der Waals surface area (Å²) in [6.45, 7) is 5.88. The molecule has 0 fully saturated rings. The van der Waals surface area contributed by atoms with E-state index in [2.05, 4.69) is 0 Å². The Balaban J connectivity index is 2.10. The first-order valence-electron chi connectivity index (χ1n) is 8.54. The molecule has 0 saturated carbocycles. The first-order chi connectivity index (χ1) is 12.8. The summed E-state index contributed by atoms with van der Waals surface area (Å²) < 4.78 is 17.3. The Morgan fingerprint density at radius 3 is 2.44 bits per heavy atom. The van der Waals surface area contributed by atoms with Crippen LogP contribution in [-0.2, 0) is 9.47 Å². The third-order valence-electron chi connectivity index (χ3n) is 4.39. The molecule has 7 nitrogen and oxygen atoms in total. The van der Waals surface area contributed by atoms with E-state index in [1.54, 1.807) is 13.2 Å². The summed E-state index contributed by atoms with van der Waals surface area (Å²) in [6.07, 6.45) is 0. The normalized spacial score (nSPS) is 11.9. The summed E-state index contributed by atoms with van der Waals surface area (Å²) in [4.78, 5) is 24.7. The van der Waals surface area contributed by atoms with E-state index in [4.69, 9.17) is 14.2 Å². The summed E-state index contributed by atoms with van der Waals surface area (Å²) in [5, 5.41) is 9.89. The number of ether oxygens (including phenoxy) is 3. The number of aryl methyl sites for hydroxylation is 1. The number of methoxy groups -OCH3 is 2. The molecule has 0 aliphatic rings. The van der Waals surface area contributed by atoms with Gasteiger partial charge in [0, 0.05) is 30.1 Å². The number of Topliss-reactive ketones (excluding diaryl/α,β-unsaturated/α-hetero) is 1. The highest BCUT2D eigenvalue weighted by molar-refractivity contribution is 6.01. The lowest BCUT2D eigenvalue weighted by Gasteiger charge is -2.17. The van der Waals surface area contributed by atoms with E-state index in [0.29, 0.717) is 17.9 Å². The maximum Gasteiger partial charge on any atom is 0.342 e. The van der Waals surface area contributed by atoms with Crippen LogP contribution < -0.4 is 4.74 Å². The van der Waals surface area contributed by atoms with Crippen LogP contribution in [0.4, 0.5) is 0 Å². The molecule has 1 aromatic carbocycles. The van der Waals surface area contributed by atoms with Crippen molar-refractivity contribution in [3.8, 4) is 11.5 Å². The third-order valence-corrected chi connectivity index (χ3v) is 4.39. The van der Waals surface area contributed by atoms with E-state index >= 15 is 0 Å². The molecule has 1 atom stereocenters. The van der Waals surface area contributed by atoms with Gasteiger partial charge in [-0.05, 0) is 39.0 Å². The molecule has 1 heterocycles. The van der Waals surface area contributed by atoms with Crippen LogP contribution in [0, 0.1) is 13.8 Å². The second kappa shape index (κ2) is 8.73. The van der Waals surface area contributed by atoms with Crippen molar-refractivity contribution >= 4 is 11.8 Å². The van der Waals surface area contributed by atoms with Crippen molar-refractivity contribution in [1.29, 1.82) is 0 Å². The number of carbonyl (C=O) groups excluding carboxylic acids is 2. The topological polar surface area (TPSA) is 87.0 Å². The summed E-state index contributed by atoms with van der Waals surface area (Å²) in [5.74, 6) is -0.929. The highest BCUT2D eigenvalue weighted by Gasteiger charge is 2.21. The van der Waals surface area contributed by atoms with E-state index in [9.17, 15) is 14.7 Å². The van der Waals surface area contributed by atoms with E-state index in [-0.39, 0.29) is 23.1 Å². The molecule has 27 heavy (non-hydrogen) atoms. The maximum absolute atomic E-state index is 12.5. The molecule has 7 heteroatoms. The van der Waals surface area contributed by atoms with Gasteiger partial charge in [-0.15, -0.1) is 0 Å². The van der Waals surface area contributed by atoms with Gasteiger partial charge in [-0.25, -0.2) is 4.79 Å². The third kappa shape index (κ3) is 4.49. The number of benzene rings is 1. The second-order valence-electron chi connectivity index (χ2n) is 6.34. The van der Waals surface area contributed by atoms with Crippen LogP contribution in [-0.4, -0.2) is 48.9 Å². The number of rotatable bonds is 8. The molecule has 1 N–H and O–H groups in total. The Bertz CT molecular complexity index is 839. The number of aromatic nitrogens is 1. The summed E-state index contributed by atoms with van der Waals surface area (Å²) in [5.41, 5.74) is 2.20. The maximum atomic E-state index is 12.5. The van der Waals surface area contributed by atoms with Crippen LogP contribution >= 0.6 is 0 Å². The standard InChI is InChI=1S/C20H25NO6/c1-12-8-17(14(3)21(12)13(2)10-25-4)19(23)11-27-20(24)16-7-6-15(26-5)9-18(16)22/h6-9,13,22H,10-11H2,1-5H3/t13-/m1/s1. The van der Waals surface area contributed by atoms with Crippen molar-refractivity contribution in [3.63, 3.8) is 0 Å². The Kier molecular flexibility index (Phi) is 6.63. The van der Waals surface area contributed by atoms with Gasteiger partial charge < -0.3 is 23.9 Å². The van der Waals surface area contributed by atoms with Gasteiger partial charge in [0.25, 0.3) is 0 Å². The fraction of sp³-hybridized carbons (Fsp3) is 0.400. The molecular formula is C20H25NO6. The molecular weight excluding hydrogens is 350 g/mol. The van der Waals surface area contributed by atoms with Crippen LogP contribution in [0.2, 0.25) is 0 Å². The number of esters is 1. The van der Waals surface area contributed by atoms with Crippen LogP contribution in [0.3, 0.4) is 0 Å². The van der Waals surface area contributed by atoms with Crippen LogP contribution in [0.5, 0.6) is 11.5 Å². The fourth-order valence-electron chi connectivity index (χ4n) is 3.15. The van der Waals surface area contributed by atoms with E-state index < -0.39 is 12.6 Å². The lowest BCUT2D eigenvalue weighted by Crippen LogP contribution is -2.17. The number of hydrogen-bond acceptors (Lipinski definition) is 6. The highest BCUT2D eigenvalue weighted by atomic mass is 16.5. The number of aromatic hydroxyl groups is 1. The molecule has 2 aromatic rings. The number of carbonyl (C=O) groups is 2. The Morgan fingerprint density at radius 2 is 1.85 bits per heavy atom. The van der Waals surface area contributed by atoms with Gasteiger partial charge in [-0.3, -0.25) is 4.79 Å². The monoisotopic (exact) mass is 375 g/mol. The van der Waals surface area contributed by atoms with Crippen molar-refractivity contribution < 1.29 is 28.9 Å². The molecule has 0 saturated heterocycles. The SMILES string of the molecule is COC[C@@H](C)n1c(C)cc(C(=O)COC(=O)c2ccc(OC)cc2O)c1C.